The summed E-state index contributed by atoms with van der Waals surface area (Å²) in [5.74, 6) is -2.27. The van der Waals surface area contributed by atoms with Crippen LogP contribution in [0.2, 0.25) is 5.02 Å². The third kappa shape index (κ3) is 4.50. The Morgan fingerprint density at radius 3 is 2.48 bits per heavy atom. The molecule has 1 aliphatic rings. The Kier molecular flexibility index (Phi) is 6.37. The van der Waals surface area contributed by atoms with E-state index in [2.05, 4.69) is 16.0 Å². The van der Waals surface area contributed by atoms with Crippen molar-refractivity contribution in [1.82, 2.24) is 10.6 Å². The fourth-order valence-corrected chi connectivity index (χ4v) is 3.99. The second-order valence-corrected chi connectivity index (χ2v) is 7.50. The van der Waals surface area contributed by atoms with Crippen LogP contribution in [0.5, 0.6) is 0 Å². The van der Waals surface area contributed by atoms with Crippen molar-refractivity contribution in [3.05, 3.63) is 64.2 Å². The lowest BCUT2D eigenvalue weighted by Crippen LogP contribution is -2.49. The number of hydrogen-bond donors (Lipinski definition) is 3. The van der Waals surface area contributed by atoms with Crippen LogP contribution in [0.4, 0.5) is 19.3 Å². The lowest BCUT2D eigenvalue weighted by Gasteiger charge is -2.38. The number of carbonyl (C=O) groups excluding carboxylic acids is 2. The summed E-state index contributed by atoms with van der Waals surface area (Å²) >= 11 is 6.03. The van der Waals surface area contributed by atoms with Gasteiger partial charge in [0.05, 0.1) is 16.1 Å². The quantitative estimate of drug-likeness (QED) is 0.653. The summed E-state index contributed by atoms with van der Waals surface area (Å²) in [7, 11) is 1.48. The zero-order chi connectivity index (χ0) is 21.0. The molecule has 2 aromatic rings. The zero-order valence-electron chi connectivity index (χ0n) is 16.0. The van der Waals surface area contributed by atoms with Crippen molar-refractivity contribution < 1.29 is 18.4 Å². The number of hydrogen-bond acceptors (Lipinski definition) is 2. The van der Waals surface area contributed by atoms with Gasteiger partial charge in [-0.2, -0.15) is 0 Å². The van der Waals surface area contributed by atoms with Crippen molar-refractivity contribution in [3.63, 3.8) is 0 Å². The van der Waals surface area contributed by atoms with Crippen molar-refractivity contribution in [1.29, 1.82) is 0 Å². The molecular formula is C21H22ClF2N3O2. The molecule has 8 heteroatoms. The number of amides is 3. The highest BCUT2D eigenvalue weighted by atomic mass is 35.5. The molecule has 3 rings (SSSR count). The van der Waals surface area contributed by atoms with Crippen LogP contribution in [0.25, 0.3) is 0 Å². The second-order valence-electron chi connectivity index (χ2n) is 7.10. The van der Waals surface area contributed by atoms with Gasteiger partial charge in [-0.25, -0.2) is 13.6 Å². The van der Waals surface area contributed by atoms with Gasteiger partial charge in [-0.05, 0) is 37.1 Å². The molecule has 0 radical (unpaired) electrons. The predicted octanol–water partition coefficient (Wildman–Crippen LogP) is 4.96. The van der Waals surface area contributed by atoms with Crippen LogP contribution < -0.4 is 16.0 Å². The molecule has 3 N–H and O–H groups in total. The third-order valence-electron chi connectivity index (χ3n) is 5.22. The number of urea groups is 1. The molecule has 0 unspecified atom stereocenters. The molecular weight excluding hydrogens is 400 g/mol. The van der Waals surface area contributed by atoms with E-state index < -0.39 is 23.2 Å². The molecule has 0 spiro atoms. The van der Waals surface area contributed by atoms with Gasteiger partial charge in [-0.1, -0.05) is 43.0 Å². The van der Waals surface area contributed by atoms with Gasteiger partial charge in [0.1, 0.15) is 0 Å². The standard InChI is InChI=1S/C21H22ClF2N3O2/c1-25-19(28)14-12-13(8-9-16(14)22)26-20(29)27-21(10-3-2-4-11-21)15-6-5-7-17(23)18(15)24/h5-9,12H,2-4,10-11H2,1H3,(H,25,28)(H2,26,27,29). The van der Waals surface area contributed by atoms with Crippen LogP contribution in [0.3, 0.4) is 0 Å². The molecule has 29 heavy (non-hydrogen) atoms. The highest BCUT2D eigenvalue weighted by Gasteiger charge is 2.38. The molecule has 0 atom stereocenters. The maximum atomic E-state index is 14.5. The van der Waals surface area contributed by atoms with Crippen molar-refractivity contribution in [2.75, 3.05) is 12.4 Å². The summed E-state index contributed by atoms with van der Waals surface area (Å²) in [6.07, 6.45) is 3.56. The third-order valence-corrected chi connectivity index (χ3v) is 5.55. The summed E-state index contributed by atoms with van der Waals surface area (Å²) in [4.78, 5) is 24.6. The van der Waals surface area contributed by atoms with Gasteiger partial charge in [0.25, 0.3) is 5.91 Å². The van der Waals surface area contributed by atoms with Crippen molar-refractivity contribution in [2.24, 2.45) is 0 Å². The van der Waals surface area contributed by atoms with Crippen LogP contribution in [0.1, 0.15) is 48.0 Å². The molecule has 0 heterocycles. The van der Waals surface area contributed by atoms with E-state index in [1.165, 1.54) is 31.3 Å². The minimum atomic E-state index is -0.995. The lowest BCUT2D eigenvalue weighted by atomic mass is 9.76. The molecule has 5 nitrogen and oxygen atoms in total. The summed E-state index contributed by atoms with van der Waals surface area (Å²) in [5, 5.41) is 8.24. The molecule has 1 saturated carbocycles. The Labute approximate surface area is 172 Å². The molecule has 154 valence electrons. The summed E-state index contributed by atoms with van der Waals surface area (Å²) in [6.45, 7) is 0. The van der Waals surface area contributed by atoms with Crippen LogP contribution in [0.15, 0.2) is 36.4 Å². The second kappa shape index (κ2) is 8.78. The van der Waals surface area contributed by atoms with Gasteiger partial charge in [-0.15, -0.1) is 0 Å². The van der Waals surface area contributed by atoms with E-state index in [1.807, 2.05) is 0 Å². The van der Waals surface area contributed by atoms with Gasteiger partial charge in [0.2, 0.25) is 0 Å². The Balaban J connectivity index is 1.85. The number of carbonyl (C=O) groups is 2. The minimum absolute atomic E-state index is 0.148. The zero-order valence-corrected chi connectivity index (χ0v) is 16.7. The topological polar surface area (TPSA) is 70.2 Å². The fourth-order valence-electron chi connectivity index (χ4n) is 3.78. The molecule has 1 aliphatic carbocycles. The number of anilines is 1. The number of benzene rings is 2. The van der Waals surface area contributed by atoms with Gasteiger partial charge in [0.15, 0.2) is 11.6 Å². The van der Waals surface area contributed by atoms with Crippen LogP contribution >= 0.6 is 11.6 Å². The molecule has 3 amide bonds. The number of halogens is 3. The predicted molar refractivity (Wildman–Crippen MR) is 108 cm³/mol. The Morgan fingerprint density at radius 2 is 1.79 bits per heavy atom. The van der Waals surface area contributed by atoms with Crippen molar-refractivity contribution in [3.8, 4) is 0 Å². The molecule has 0 bridgehead atoms. The van der Waals surface area contributed by atoms with Crippen LogP contribution in [-0.4, -0.2) is 19.0 Å². The van der Waals surface area contributed by atoms with Crippen LogP contribution in [0, 0.1) is 11.6 Å². The normalized spacial score (nSPS) is 15.4. The van der Waals surface area contributed by atoms with E-state index in [1.54, 1.807) is 6.07 Å². The monoisotopic (exact) mass is 421 g/mol. The molecule has 0 saturated heterocycles. The van der Waals surface area contributed by atoms with E-state index in [9.17, 15) is 18.4 Å². The molecule has 1 fully saturated rings. The Hall–Kier alpha value is -2.67. The highest BCUT2D eigenvalue weighted by Crippen LogP contribution is 2.39. The van der Waals surface area contributed by atoms with Crippen molar-refractivity contribution >= 4 is 29.2 Å². The van der Waals surface area contributed by atoms with Gasteiger partial charge >= 0.3 is 6.03 Å². The molecule has 2 aromatic carbocycles. The smallest absolute Gasteiger partial charge is 0.319 e. The minimum Gasteiger partial charge on any atom is -0.355 e. The first-order valence-corrected chi connectivity index (χ1v) is 9.79. The van der Waals surface area contributed by atoms with E-state index in [4.69, 9.17) is 11.6 Å². The molecule has 0 aromatic heterocycles. The maximum Gasteiger partial charge on any atom is 0.319 e. The van der Waals surface area contributed by atoms with Gasteiger partial charge < -0.3 is 16.0 Å². The van der Waals surface area contributed by atoms with E-state index in [0.29, 0.717) is 18.5 Å². The Morgan fingerprint density at radius 1 is 1.07 bits per heavy atom. The summed E-state index contributed by atoms with van der Waals surface area (Å²) in [5.41, 5.74) is -0.272. The molecule has 0 aliphatic heterocycles. The van der Waals surface area contributed by atoms with Gasteiger partial charge in [-0.3, -0.25) is 4.79 Å². The number of nitrogens with one attached hydrogen (secondary N) is 3. The highest BCUT2D eigenvalue weighted by molar-refractivity contribution is 6.34. The van der Waals surface area contributed by atoms with E-state index >= 15 is 0 Å². The summed E-state index contributed by atoms with van der Waals surface area (Å²) in [6, 6.07) is 7.96. The largest absolute Gasteiger partial charge is 0.355 e. The van der Waals surface area contributed by atoms with E-state index in [0.717, 1.165) is 25.3 Å². The van der Waals surface area contributed by atoms with Crippen LogP contribution in [-0.2, 0) is 5.54 Å². The first-order valence-electron chi connectivity index (χ1n) is 9.41. The first kappa shape index (κ1) is 21.0. The average molecular weight is 422 g/mol. The first-order chi connectivity index (χ1) is 13.9. The SMILES string of the molecule is CNC(=O)c1cc(NC(=O)NC2(c3cccc(F)c3F)CCCCC2)ccc1Cl. The van der Waals surface area contributed by atoms with Gasteiger partial charge in [0, 0.05) is 18.3 Å². The maximum absolute atomic E-state index is 14.5. The fraction of sp³-hybridized carbons (Fsp3) is 0.333. The average Bonchev–Trinajstić information content (AvgIpc) is 2.71. The number of rotatable bonds is 4. The van der Waals surface area contributed by atoms with E-state index in [-0.39, 0.29) is 22.1 Å². The van der Waals surface area contributed by atoms with Crippen molar-refractivity contribution in [2.45, 2.75) is 37.6 Å². The Bertz CT molecular complexity index is 930. The lowest BCUT2D eigenvalue weighted by molar-refractivity contribution is 0.0963. The summed E-state index contributed by atoms with van der Waals surface area (Å²) < 4.78 is 28.4.